The fourth-order valence-corrected chi connectivity index (χ4v) is 3.43. The molecule has 0 bridgehead atoms. The average Bonchev–Trinajstić information content (AvgIpc) is 3.18. The Morgan fingerprint density at radius 3 is 2.60 bits per heavy atom. The molecule has 0 unspecified atom stereocenters. The largest absolute Gasteiger partial charge is 0.493 e. The summed E-state index contributed by atoms with van der Waals surface area (Å²) < 4.78 is 10.6. The van der Waals surface area contributed by atoms with Crippen LogP contribution in [0, 0.1) is 5.92 Å². The van der Waals surface area contributed by atoms with Crippen molar-refractivity contribution in [3.63, 3.8) is 0 Å². The van der Waals surface area contributed by atoms with E-state index in [2.05, 4.69) is 34.3 Å². The van der Waals surface area contributed by atoms with Gasteiger partial charge >= 0.3 is 0 Å². The minimum absolute atomic E-state index is 0.263. The number of ether oxygens (including phenoxy) is 2. The van der Waals surface area contributed by atoms with Gasteiger partial charge in [0, 0.05) is 23.4 Å². The number of amides is 1. The van der Waals surface area contributed by atoms with Crippen LogP contribution in [-0.4, -0.2) is 35.3 Å². The minimum atomic E-state index is -0.263. The Morgan fingerprint density at radius 2 is 1.92 bits per heavy atom. The first-order valence-corrected chi connectivity index (χ1v) is 8.70. The quantitative estimate of drug-likeness (QED) is 0.702. The van der Waals surface area contributed by atoms with Crippen molar-refractivity contribution in [2.45, 2.75) is 20.3 Å². The molecule has 0 saturated heterocycles. The van der Waals surface area contributed by atoms with E-state index in [-0.39, 0.29) is 5.91 Å². The molecule has 7 nitrogen and oxygen atoms in total. The summed E-state index contributed by atoms with van der Waals surface area (Å²) in [7, 11) is 3.15. The zero-order valence-electron chi connectivity index (χ0n) is 14.5. The second kappa shape index (κ2) is 7.10. The molecule has 0 radical (unpaired) electrons. The van der Waals surface area contributed by atoms with Crippen LogP contribution in [0.4, 0.5) is 5.13 Å². The van der Waals surface area contributed by atoms with Crippen molar-refractivity contribution < 1.29 is 14.3 Å². The Morgan fingerprint density at radius 1 is 1.20 bits per heavy atom. The first kappa shape index (κ1) is 17.2. The third kappa shape index (κ3) is 3.74. The van der Waals surface area contributed by atoms with Crippen molar-refractivity contribution >= 4 is 33.3 Å². The summed E-state index contributed by atoms with van der Waals surface area (Å²) in [5.74, 6) is 1.45. The molecule has 0 saturated carbocycles. The predicted octanol–water partition coefficient (Wildman–Crippen LogP) is 3.49. The normalized spacial score (nSPS) is 11.1. The van der Waals surface area contributed by atoms with Gasteiger partial charge in [0.1, 0.15) is 10.7 Å². The number of anilines is 1. The van der Waals surface area contributed by atoms with Crippen molar-refractivity contribution in [3.8, 4) is 11.5 Å². The van der Waals surface area contributed by atoms with Crippen LogP contribution in [0.15, 0.2) is 18.2 Å². The first-order chi connectivity index (χ1) is 12.0. The molecule has 3 aromatic rings. The molecule has 0 fully saturated rings. The van der Waals surface area contributed by atoms with Crippen LogP contribution in [0.5, 0.6) is 11.5 Å². The van der Waals surface area contributed by atoms with Gasteiger partial charge in [-0.1, -0.05) is 25.2 Å². The highest BCUT2D eigenvalue weighted by atomic mass is 32.1. The molecule has 2 N–H and O–H groups in total. The number of benzene rings is 1. The van der Waals surface area contributed by atoms with Crippen molar-refractivity contribution in [1.82, 2.24) is 15.2 Å². The maximum absolute atomic E-state index is 12.5. The maximum atomic E-state index is 12.5. The minimum Gasteiger partial charge on any atom is -0.493 e. The number of carbonyl (C=O) groups excluding carboxylic acids is 1. The summed E-state index contributed by atoms with van der Waals surface area (Å²) in [5.41, 5.74) is 1.23. The van der Waals surface area contributed by atoms with Crippen molar-refractivity contribution in [2.75, 3.05) is 19.5 Å². The molecule has 0 aliphatic carbocycles. The second-order valence-electron chi connectivity index (χ2n) is 6.03. The molecule has 0 aliphatic heterocycles. The summed E-state index contributed by atoms with van der Waals surface area (Å²) in [6.45, 7) is 4.24. The van der Waals surface area contributed by atoms with Crippen LogP contribution in [0.3, 0.4) is 0 Å². The van der Waals surface area contributed by atoms with Crippen molar-refractivity contribution in [3.05, 3.63) is 28.9 Å². The van der Waals surface area contributed by atoms with Crippen LogP contribution < -0.4 is 14.8 Å². The van der Waals surface area contributed by atoms with Gasteiger partial charge < -0.3 is 14.5 Å². The topological polar surface area (TPSA) is 89.1 Å². The van der Waals surface area contributed by atoms with E-state index < -0.39 is 0 Å². The second-order valence-corrected chi connectivity index (χ2v) is 7.09. The average molecular weight is 360 g/mol. The molecule has 3 rings (SSSR count). The molecule has 1 amide bonds. The Balaban J connectivity index is 1.81. The number of H-pyrrole nitrogens is 1. The lowest BCUT2D eigenvalue weighted by molar-refractivity contribution is 0.102. The van der Waals surface area contributed by atoms with E-state index in [1.54, 1.807) is 26.4 Å². The molecule has 25 heavy (non-hydrogen) atoms. The lowest BCUT2D eigenvalue weighted by Gasteiger charge is -2.06. The van der Waals surface area contributed by atoms with Crippen molar-refractivity contribution in [1.29, 1.82) is 0 Å². The van der Waals surface area contributed by atoms with E-state index >= 15 is 0 Å². The smallest absolute Gasteiger partial charge is 0.273 e. The standard InChI is InChI=1S/C17H20N4O3S/c1-9(2)5-15-20-21-17(25-15)19-16(22)12-6-10-7-13(23-3)14(24-4)8-11(10)18-12/h6-9,18H,5H2,1-4H3,(H,19,21,22). The van der Waals surface area contributed by atoms with Crippen molar-refractivity contribution in [2.24, 2.45) is 5.92 Å². The summed E-state index contributed by atoms with van der Waals surface area (Å²) in [4.78, 5) is 15.5. The zero-order valence-corrected chi connectivity index (χ0v) is 15.4. The molecular weight excluding hydrogens is 340 g/mol. The molecular formula is C17H20N4O3S. The van der Waals surface area contributed by atoms with Gasteiger partial charge in [-0.3, -0.25) is 10.1 Å². The predicted molar refractivity (Wildman–Crippen MR) is 97.8 cm³/mol. The number of nitrogens with zero attached hydrogens (tertiary/aromatic N) is 2. The summed E-state index contributed by atoms with van der Waals surface area (Å²) in [6.07, 6.45) is 0.847. The molecule has 0 spiro atoms. The van der Waals surface area contributed by atoms with Gasteiger partial charge in [-0.25, -0.2) is 0 Å². The lowest BCUT2D eigenvalue weighted by Crippen LogP contribution is -2.11. The van der Waals surface area contributed by atoms with E-state index in [1.807, 2.05) is 6.07 Å². The third-order valence-corrected chi connectivity index (χ3v) is 4.50. The Bertz CT molecular complexity index is 860. The van der Waals surface area contributed by atoms with Gasteiger partial charge in [0.05, 0.1) is 14.2 Å². The van der Waals surface area contributed by atoms with Gasteiger partial charge in [0.15, 0.2) is 11.5 Å². The Kier molecular flexibility index (Phi) is 4.89. The number of methoxy groups -OCH3 is 2. The fourth-order valence-electron chi connectivity index (χ4n) is 2.48. The fraction of sp³-hybridized carbons (Fsp3) is 0.353. The van der Waals surface area contributed by atoms with Crippen LogP contribution in [-0.2, 0) is 6.42 Å². The number of hydrogen-bond donors (Lipinski definition) is 2. The summed E-state index contributed by atoms with van der Waals surface area (Å²) in [6, 6.07) is 5.40. The first-order valence-electron chi connectivity index (χ1n) is 7.88. The maximum Gasteiger partial charge on any atom is 0.273 e. The van der Waals surface area contributed by atoms with Gasteiger partial charge in [-0.2, -0.15) is 0 Å². The zero-order chi connectivity index (χ0) is 18.0. The number of aromatic nitrogens is 3. The monoisotopic (exact) mass is 360 g/mol. The van der Waals surface area contributed by atoms with E-state index in [4.69, 9.17) is 9.47 Å². The molecule has 132 valence electrons. The molecule has 0 atom stereocenters. The molecule has 2 heterocycles. The molecule has 8 heteroatoms. The van der Waals surface area contributed by atoms with Gasteiger partial charge in [0.2, 0.25) is 5.13 Å². The molecule has 1 aromatic carbocycles. The Hall–Kier alpha value is -2.61. The highest BCUT2D eigenvalue weighted by molar-refractivity contribution is 7.15. The van der Waals surface area contributed by atoms with Crippen LogP contribution in [0.1, 0.15) is 29.3 Å². The Labute approximate surface area is 149 Å². The van der Waals surface area contributed by atoms with Gasteiger partial charge in [0.25, 0.3) is 5.91 Å². The third-order valence-electron chi connectivity index (χ3n) is 3.64. The number of nitrogens with one attached hydrogen (secondary N) is 2. The summed E-state index contributed by atoms with van der Waals surface area (Å²) in [5, 5.41) is 13.2. The van der Waals surface area contributed by atoms with Gasteiger partial charge in [-0.05, 0) is 18.1 Å². The lowest BCUT2D eigenvalue weighted by atomic mass is 10.1. The number of carbonyl (C=O) groups is 1. The van der Waals surface area contributed by atoms with E-state index in [0.29, 0.717) is 28.2 Å². The van der Waals surface area contributed by atoms with Crippen LogP contribution in [0.2, 0.25) is 0 Å². The van der Waals surface area contributed by atoms with Gasteiger partial charge in [-0.15, -0.1) is 10.2 Å². The molecule has 0 aliphatic rings. The molecule has 2 aromatic heterocycles. The highest BCUT2D eigenvalue weighted by Gasteiger charge is 2.15. The number of fused-ring (bicyclic) bond motifs is 1. The highest BCUT2D eigenvalue weighted by Crippen LogP contribution is 2.32. The van der Waals surface area contributed by atoms with E-state index in [9.17, 15) is 4.79 Å². The number of aromatic amines is 1. The van der Waals surface area contributed by atoms with E-state index in [1.165, 1.54) is 11.3 Å². The SMILES string of the molecule is COc1cc2cc(C(=O)Nc3nnc(CC(C)C)s3)[nH]c2cc1OC. The summed E-state index contributed by atoms with van der Waals surface area (Å²) >= 11 is 1.40. The number of rotatable bonds is 6. The van der Waals surface area contributed by atoms with Crippen LogP contribution >= 0.6 is 11.3 Å². The number of hydrogen-bond acceptors (Lipinski definition) is 6. The van der Waals surface area contributed by atoms with Crippen LogP contribution in [0.25, 0.3) is 10.9 Å². The van der Waals surface area contributed by atoms with E-state index in [0.717, 1.165) is 22.3 Å².